The van der Waals surface area contributed by atoms with Crippen LogP contribution >= 0.6 is 0 Å². The molecule has 0 atom stereocenters. The van der Waals surface area contributed by atoms with Gasteiger partial charge in [-0.1, -0.05) is 5.92 Å². The molecule has 1 rings (SSSR count). The summed E-state index contributed by atoms with van der Waals surface area (Å²) in [5.74, 6) is 1.83. The minimum absolute atomic E-state index is 0.190. The van der Waals surface area contributed by atoms with Crippen LogP contribution in [-0.2, 0) is 14.2 Å². The summed E-state index contributed by atoms with van der Waals surface area (Å²) in [5.41, 5.74) is -1.55. The first-order valence-corrected chi connectivity index (χ1v) is 5.84. The van der Waals surface area contributed by atoms with Gasteiger partial charge in [0.2, 0.25) is 0 Å². The number of nitrogens with one attached hydrogen (secondary N) is 1. The first kappa shape index (κ1) is 14.8. The molecule has 102 valence electrons. The molecule has 0 bridgehead atoms. The van der Waals surface area contributed by atoms with E-state index in [-0.39, 0.29) is 13.2 Å². The van der Waals surface area contributed by atoms with Gasteiger partial charge in [0.15, 0.2) is 11.3 Å². The van der Waals surface area contributed by atoms with Crippen LogP contribution in [0.2, 0.25) is 0 Å². The minimum atomic E-state index is -0.974. The van der Waals surface area contributed by atoms with Crippen molar-refractivity contribution in [1.29, 1.82) is 0 Å². The van der Waals surface area contributed by atoms with Crippen molar-refractivity contribution >= 4 is 6.09 Å². The first-order chi connectivity index (χ1) is 8.08. The number of carbonyl (C=O) groups is 1. The van der Waals surface area contributed by atoms with Crippen molar-refractivity contribution < 1.29 is 19.0 Å². The van der Waals surface area contributed by atoms with Crippen LogP contribution < -0.4 is 5.32 Å². The van der Waals surface area contributed by atoms with E-state index in [1.165, 1.54) is 0 Å². The maximum absolute atomic E-state index is 11.7. The average Bonchev–Trinajstić information content (AvgIpc) is 2.19. The summed E-state index contributed by atoms with van der Waals surface area (Å²) >= 11 is 0. The Morgan fingerprint density at radius 1 is 1.33 bits per heavy atom. The monoisotopic (exact) mass is 255 g/mol. The highest BCUT2D eigenvalue weighted by molar-refractivity contribution is 5.69. The predicted molar refractivity (Wildman–Crippen MR) is 66.9 cm³/mol. The lowest BCUT2D eigenvalue weighted by Gasteiger charge is -2.40. The Bertz CT molecular complexity index is 352. The van der Waals surface area contributed by atoms with Gasteiger partial charge in [-0.3, -0.25) is 0 Å². The number of carbonyl (C=O) groups excluding carboxylic acids is 1. The quantitative estimate of drug-likeness (QED) is 0.724. The lowest BCUT2D eigenvalue weighted by atomic mass is 10.0. The first-order valence-electron chi connectivity index (χ1n) is 5.84. The van der Waals surface area contributed by atoms with Crippen LogP contribution in [0.3, 0.4) is 0 Å². The van der Waals surface area contributed by atoms with Crippen LogP contribution in [-0.4, -0.2) is 36.2 Å². The van der Waals surface area contributed by atoms with Gasteiger partial charge in [0.05, 0.1) is 13.2 Å². The van der Waals surface area contributed by atoms with Gasteiger partial charge in [0, 0.05) is 0 Å². The largest absolute Gasteiger partial charge is 0.444 e. The topological polar surface area (TPSA) is 56.8 Å². The maximum atomic E-state index is 11.7. The summed E-state index contributed by atoms with van der Waals surface area (Å²) in [6.07, 6.45) is 4.88. The van der Waals surface area contributed by atoms with Crippen molar-refractivity contribution in [2.75, 3.05) is 13.2 Å². The molecule has 0 radical (unpaired) electrons. The van der Waals surface area contributed by atoms with Crippen molar-refractivity contribution in [1.82, 2.24) is 5.32 Å². The average molecular weight is 255 g/mol. The van der Waals surface area contributed by atoms with Gasteiger partial charge < -0.3 is 19.5 Å². The zero-order valence-electron chi connectivity index (χ0n) is 11.6. The zero-order chi connectivity index (χ0) is 14.0. The van der Waals surface area contributed by atoms with Gasteiger partial charge in [0.1, 0.15) is 5.60 Å². The highest BCUT2D eigenvalue weighted by atomic mass is 16.7. The Labute approximate surface area is 108 Å². The van der Waals surface area contributed by atoms with E-state index in [2.05, 4.69) is 11.2 Å². The molecule has 5 heteroatoms. The van der Waals surface area contributed by atoms with E-state index < -0.39 is 23.0 Å². The fourth-order valence-electron chi connectivity index (χ4n) is 1.37. The van der Waals surface area contributed by atoms with Gasteiger partial charge in [-0.05, 0) is 34.6 Å². The second kappa shape index (κ2) is 4.79. The van der Waals surface area contributed by atoms with E-state index in [4.69, 9.17) is 20.6 Å². The summed E-state index contributed by atoms with van der Waals surface area (Å²) in [7, 11) is 0. The molecule has 1 heterocycles. The molecule has 0 aliphatic carbocycles. The molecule has 0 spiro atoms. The maximum Gasteiger partial charge on any atom is 0.409 e. The number of hydrogen-bond acceptors (Lipinski definition) is 4. The molecule has 1 fully saturated rings. The molecule has 5 nitrogen and oxygen atoms in total. The normalized spacial score (nSPS) is 21.8. The van der Waals surface area contributed by atoms with Crippen LogP contribution in [0, 0.1) is 12.3 Å². The number of amides is 1. The molecule has 1 aliphatic heterocycles. The molecule has 0 saturated carbocycles. The SMILES string of the molecule is C#CC1(NC(=O)OC(C)(C)C)COC(C)(C)OC1. The standard InChI is InChI=1S/C13H21NO4/c1-7-13(8-16-12(5,6)17-9-13)14-10(15)18-11(2,3)4/h1H,8-9H2,2-6H3,(H,14,15). The fraction of sp³-hybridized carbons (Fsp3) is 0.769. The lowest BCUT2D eigenvalue weighted by Crippen LogP contribution is -2.60. The predicted octanol–water partition coefficient (Wildman–Crippen LogP) is 1.67. The summed E-state index contributed by atoms with van der Waals surface area (Å²) in [6, 6.07) is 0. The molecule has 0 aromatic heterocycles. The molecular formula is C13H21NO4. The van der Waals surface area contributed by atoms with Crippen molar-refractivity contribution in [2.24, 2.45) is 0 Å². The van der Waals surface area contributed by atoms with Gasteiger partial charge in [-0.15, -0.1) is 6.42 Å². The van der Waals surface area contributed by atoms with E-state index in [1.54, 1.807) is 34.6 Å². The van der Waals surface area contributed by atoms with Gasteiger partial charge in [-0.2, -0.15) is 0 Å². The summed E-state index contributed by atoms with van der Waals surface area (Å²) in [6.45, 7) is 9.32. The Hall–Kier alpha value is -1.25. The van der Waals surface area contributed by atoms with E-state index in [9.17, 15) is 4.79 Å². The minimum Gasteiger partial charge on any atom is -0.444 e. The number of rotatable bonds is 1. The number of alkyl carbamates (subject to hydrolysis) is 1. The van der Waals surface area contributed by atoms with Gasteiger partial charge >= 0.3 is 6.09 Å². The van der Waals surface area contributed by atoms with Gasteiger partial charge in [-0.25, -0.2) is 4.79 Å². The van der Waals surface area contributed by atoms with Crippen LogP contribution in [0.25, 0.3) is 0 Å². The number of ether oxygens (including phenoxy) is 3. The van der Waals surface area contributed by atoms with Crippen molar-refractivity contribution in [2.45, 2.75) is 51.5 Å². The summed E-state index contributed by atoms with van der Waals surface area (Å²) in [4.78, 5) is 11.7. The van der Waals surface area contributed by atoms with Crippen LogP contribution in [0.1, 0.15) is 34.6 Å². The van der Waals surface area contributed by atoms with E-state index >= 15 is 0 Å². The summed E-state index contributed by atoms with van der Waals surface area (Å²) in [5, 5.41) is 2.63. The highest BCUT2D eigenvalue weighted by Gasteiger charge is 2.40. The Morgan fingerprint density at radius 2 is 1.83 bits per heavy atom. The second-order valence-corrected chi connectivity index (χ2v) is 5.83. The van der Waals surface area contributed by atoms with Crippen LogP contribution in [0.15, 0.2) is 0 Å². The smallest absolute Gasteiger partial charge is 0.409 e. The number of hydrogen-bond donors (Lipinski definition) is 1. The molecule has 18 heavy (non-hydrogen) atoms. The molecule has 1 aliphatic rings. The zero-order valence-corrected chi connectivity index (χ0v) is 11.6. The molecule has 1 amide bonds. The highest BCUT2D eigenvalue weighted by Crippen LogP contribution is 2.23. The molecule has 1 N–H and O–H groups in total. The molecule has 0 aromatic rings. The molecule has 1 saturated heterocycles. The second-order valence-electron chi connectivity index (χ2n) is 5.83. The van der Waals surface area contributed by atoms with Crippen molar-refractivity contribution in [3.63, 3.8) is 0 Å². The molecular weight excluding hydrogens is 234 g/mol. The van der Waals surface area contributed by atoms with E-state index in [0.717, 1.165) is 0 Å². The Balaban J connectivity index is 2.64. The third-order valence-electron chi connectivity index (χ3n) is 2.35. The lowest BCUT2D eigenvalue weighted by molar-refractivity contribution is -0.262. The third-order valence-corrected chi connectivity index (χ3v) is 2.35. The third kappa shape index (κ3) is 4.21. The van der Waals surface area contributed by atoms with Crippen LogP contribution in [0.4, 0.5) is 4.79 Å². The van der Waals surface area contributed by atoms with E-state index in [1.807, 2.05) is 0 Å². The molecule has 0 aromatic carbocycles. The van der Waals surface area contributed by atoms with E-state index in [0.29, 0.717) is 0 Å². The fourth-order valence-corrected chi connectivity index (χ4v) is 1.37. The van der Waals surface area contributed by atoms with Crippen molar-refractivity contribution in [3.8, 4) is 12.3 Å². The van der Waals surface area contributed by atoms with Gasteiger partial charge in [0.25, 0.3) is 0 Å². The van der Waals surface area contributed by atoms with Crippen molar-refractivity contribution in [3.05, 3.63) is 0 Å². The Kier molecular flexibility index (Phi) is 3.94. The summed E-state index contributed by atoms with van der Waals surface area (Å²) < 4.78 is 16.1. The number of terminal acetylenes is 1. The van der Waals surface area contributed by atoms with Crippen LogP contribution in [0.5, 0.6) is 0 Å². The Morgan fingerprint density at radius 3 is 2.22 bits per heavy atom. The molecule has 0 unspecified atom stereocenters.